The van der Waals surface area contributed by atoms with Crippen LogP contribution < -0.4 is 5.32 Å². The topological polar surface area (TPSA) is 38.1 Å². The lowest BCUT2D eigenvalue weighted by molar-refractivity contribution is 0.459. The Labute approximate surface area is 105 Å². The fourth-order valence-electron chi connectivity index (χ4n) is 2.18. The van der Waals surface area contributed by atoms with Gasteiger partial charge in [0.05, 0.1) is 0 Å². The molecule has 0 fully saturated rings. The first kappa shape index (κ1) is 11.0. The van der Waals surface area contributed by atoms with E-state index in [1.807, 2.05) is 43.4 Å². The average Bonchev–Trinajstić information content (AvgIpc) is 2.84. The molecule has 0 bridgehead atoms. The standard InChI is InChI=1S/C15H14N2O/c1-16-10-11-6-2-3-7-12(11)15-13-8-4-5-9-14(13)18-17-15/h2-9,16H,10H2,1H3. The molecule has 0 saturated heterocycles. The first-order valence-corrected chi connectivity index (χ1v) is 5.97. The molecule has 1 heterocycles. The van der Waals surface area contributed by atoms with Gasteiger partial charge in [0.25, 0.3) is 0 Å². The van der Waals surface area contributed by atoms with Gasteiger partial charge in [0.1, 0.15) is 5.69 Å². The van der Waals surface area contributed by atoms with Gasteiger partial charge >= 0.3 is 0 Å². The molecule has 90 valence electrons. The van der Waals surface area contributed by atoms with E-state index < -0.39 is 0 Å². The summed E-state index contributed by atoms with van der Waals surface area (Å²) in [5.74, 6) is 0. The lowest BCUT2D eigenvalue weighted by Gasteiger charge is -2.06. The fraction of sp³-hybridized carbons (Fsp3) is 0.133. The molecule has 0 aliphatic heterocycles. The molecule has 3 aromatic rings. The van der Waals surface area contributed by atoms with Crippen LogP contribution in [0.15, 0.2) is 53.1 Å². The van der Waals surface area contributed by atoms with E-state index in [2.05, 4.69) is 22.6 Å². The Bertz CT molecular complexity index is 673. The third kappa shape index (κ3) is 1.79. The van der Waals surface area contributed by atoms with Crippen LogP contribution in [0, 0.1) is 0 Å². The second kappa shape index (κ2) is 4.63. The average molecular weight is 238 g/mol. The predicted molar refractivity (Wildman–Crippen MR) is 72.2 cm³/mol. The lowest BCUT2D eigenvalue weighted by Crippen LogP contribution is -2.06. The van der Waals surface area contributed by atoms with E-state index >= 15 is 0 Å². The van der Waals surface area contributed by atoms with E-state index in [9.17, 15) is 0 Å². The second-order valence-electron chi connectivity index (χ2n) is 4.21. The number of nitrogens with one attached hydrogen (secondary N) is 1. The normalized spacial score (nSPS) is 10.9. The Morgan fingerprint density at radius 2 is 1.83 bits per heavy atom. The zero-order chi connectivity index (χ0) is 12.4. The summed E-state index contributed by atoms with van der Waals surface area (Å²) in [6, 6.07) is 16.2. The smallest absolute Gasteiger partial charge is 0.167 e. The Balaban J connectivity index is 2.20. The molecule has 3 rings (SSSR count). The number of benzene rings is 2. The van der Waals surface area contributed by atoms with Crippen molar-refractivity contribution < 1.29 is 4.52 Å². The van der Waals surface area contributed by atoms with Crippen LogP contribution in [0.25, 0.3) is 22.2 Å². The summed E-state index contributed by atoms with van der Waals surface area (Å²) in [7, 11) is 1.94. The highest BCUT2D eigenvalue weighted by atomic mass is 16.5. The molecule has 0 unspecified atom stereocenters. The van der Waals surface area contributed by atoms with Crippen LogP contribution in [0.5, 0.6) is 0 Å². The van der Waals surface area contributed by atoms with E-state index in [1.165, 1.54) is 5.56 Å². The number of rotatable bonds is 3. The molecule has 0 atom stereocenters. The van der Waals surface area contributed by atoms with Gasteiger partial charge in [0, 0.05) is 17.5 Å². The van der Waals surface area contributed by atoms with Crippen molar-refractivity contribution in [3.8, 4) is 11.3 Å². The van der Waals surface area contributed by atoms with Crippen molar-refractivity contribution in [2.75, 3.05) is 7.05 Å². The molecule has 2 aromatic carbocycles. The summed E-state index contributed by atoms with van der Waals surface area (Å²) in [5, 5.41) is 8.44. The minimum atomic E-state index is 0.817. The van der Waals surface area contributed by atoms with E-state index in [-0.39, 0.29) is 0 Å². The summed E-state index contributed by atoms with van der Waals surface area (Å²) < 4.78 is 5.37. The molecule has 0 amide bonds. The van der Waals surface area contributed by atoms with Gasteiger partial charge in [0.2, 0.25) is 0 Å². The molecule has 0 spiro atoms. The molecule has 1 aromatic heterocycles. The number of aromatic nitrogens is 1. The highest BCUT2D eigenvalue weighted by Crippen LogP contribution is 2.29. The number of hydrogen-bond acceptors (Lipinski definition) is 3. The molecule has 0 saturated carbocycles. The van der Waals surface area contributed by atoms with Crippen molar-refractivity contribution in [2.24, 2.45) is 0 Å². The maximum absolute atomic E-state index is 5.37. The van der Waals surface area contributed by atoms with Crippen LogP contribution in [-0.2, 0) is 6.54 Å². The zero-order valence-corrected chi connectivity index (χ0v) is 10.2. The Morgan fingerprint density at radius 1 is 1.06 bits per heavy atom. The fourth-order valence-corrected chi connectivity index (χ4v) is 2.18. The van der Waals surface area contributed by atoms with Crippen LogP contribution >= 0.6 is 0 Å². The SMILES string of the molecule is CNCc1ccccc1-c1noc2ccccc12. The maximum atomic E-state index is 5.37. The van der Waals surface area contributed by atoms with Gasteiger partial charge in [-0.1, -0.05) is 41.6 Å². The highest BCUT2D eigenvalue weighted by molar-refractivity contribution is 5.92. The van der Waals surface area contributed by atoms with Crippen molar-refractivity contribution in [1.29, 1.82) is 0 Å². The molecule has 18 heavy (non-hydrogen) atoms. The summed E-state index contributed by atoms with van der Waals surface area (Å²) >= 11 is 0. The number of nitrogens with zero attached hydrogens (tertiary/aromatic N) is 1. The molecule has 3 nitrogen and oxygen atoms in total. The van der Waals surface area contributed by atoms with Gasteiger partial charge in [-0.3, -0.25) is 0 Å². The van der Waals surface area contributed by atoms with Crippen molar-refractivity contribution in [2.45, 2.75) is 6.54 Å². The zero-order valence-electron chi connectivity index (χ0n) is 10.2. The minimum absolute atomic E-state index is 0.817. The largest absolute Gasteiger partial charge is 0.356 e. The number of hydrogen-bond donors (Lipinski definition) is 1. The van der Waals surface area contributed by atoms with Gasteiger partial charge in [0.15, 0.2) is 5.58 Å². The van der Waals surface area contributed by atoms with Crippen LogP contribution in [0.1, 0.15) is 5.56 Å². The first-order valence-electron chi connectivity index (χ1n) is 5.97. The molecule has 0 radical (unpaired) electrons. The van der Waals surface area contributed by atoms with Gasteiger partial charge in [-0.2, -0.15) is 0 Å². The Morgan fingerprint density at radius 3 is 2.72 bits per heavy atom. The highest BCUT2D eigenvalue weighted by Gasteiger charge is 2.12. The summed E-state index contributed by atoms with van der Waals surface area (Å²) in [5.41, 5.74) is 4.08. The first-order chi connectivity index (χ1) is 8.90. The third-order valence-electron chi connectivity index (χ3n) is 3.02. The van der Waals surface area contributed by atoms with Crippen molar-refractivity contribution in [3.05, 3.63) is 54.1 Å². The van der Waals surface area contributed by atoms with Crippen LogP contribution in [0.3, 0.4) is 0 Å². The summed E-state index contributed by atoms with van der Waals surface area (Å²) in [6.45, 7) is 0.817. The van der Waals surface area contributed by atoms with Gasteiger partial charge < -0.3 is 9.84 Å². The number of para-hydroxylation sites is 1. The van der Waals surface area contributed by atoms with E-state index in [0.717, 1.165) is 28.8 Å². The maximum Gasteiger partial charge on any atom is 0.167 e. The van der Waals surface area contributed by atoms with Gasteiger partial charge in [-0.05, 0) is 24.7 Å². The Hall–Kier alpha value is -2.13. The van der Waals surface area contributed by atoms with Crippen LogP contribution in [0.2, 0.25) is 0 Å². The second-order valence-corrected chi connectivity index (χ2v) is 4.21. The molecular formula is C15H14N2O. The third-order valence-corrected chi connectivity index (χ3v) is 3.02. The van der Waals surface area contributed by atoms with Crippen molar-refractivity contribution in [3.63, 3.8) is 0 Å². The molecular weight excluding hydrogens is 224 g/mol. The predicted octanol–water partition coefficient (Wildman–Crippen LogP) is 3.21. The lowest BCUT2D eigenvalue weighted by atomic mass is 10.0. The molecule has 3 heteroatoms. The minimum Gasteiger partial charge on any atom is -0.356 e. The number of fused-ring (bicyclic) bond motifs is 1. The van der Waals surface area contributed by atoms with E-state index in [0.29, 0.717) is 0 Å². The molecule has 0 aliphatic carbocycles. The quantitative estimate of drug-likeness (QED) is 0.761. The summed E-state index contributed by atoms with van der Waals surface area (Å²) in [6.07, 6.45) is 0. The van der Waals surface area contributed by atoms with Gasteiger partial charge in [-0.25, -0.2) is 0 Å². The molecule has 1 N–H and O–H groups in total. The van der Waals surface area contributed by atoms with E-state index in [4.69, 9.17) is 4.52 Å². The van der Waals surface area contributed by atoms with Crippen LogP contribution in [-0.4, -0.2) is 12.2 Å². The van der Waals surface area contributed by atoms with E-state index in [1.54, 1.807) is 0 Å². The monoisotopic (exact) mass is 238 g/mol. The Kier molecular flexibility index (Phi) is 2.82. The van der Waals surface area contributed by atoms with Crippen molar-refractivity contribution >= 4 is 11.0 Å². The summed E-state index contributed by atoms with van der Waals surface area (Å²) in [4.78, 5) is 0. The van der Waals surface area contributed by atoms with Gasteiger partial charge in [-0.15, -0.1) is 0 Å². The van der Waals surface area contributed by atoms with Crippen LogP contribution in [0.4, 0.5) is 0 Å². The molecule has 0 aliphatic rings. The van der Waals surface area contributed by atoms with Crippen molar-refractivity contribution in [1.82, 2.24) is 10.5 Å².